The van der Waals surface area contributed by atoms with Gasteiger partial charge in [-0.15, -0.1) is 11.3 Å². The van der Waals surface area contributed by atoms with Gasteiger partial charge in [-0.05, 0) is 40.2 Å². The van der Waals surface area contributed by atoms with E-state index < -0.39 is 0 Å². The lowest BCUT2D eigenvalue weighted by molar-refractivity contribution is -0.122. The number of amides is 1. The predicted octanol–water partition coefficient (Wildman–Crippen LogP) is 2.76. The van der Waals surface area contributed by atoms with Gasteiger partial charge in [-0.1, -0.05) is 13.8 Å². The average Bonchev–Trinajstić information content (AvgIpc) is 2.68. The van der Waals surface area contributed by atoms with E-state index in [1.165, 1.54) is 4.88 Å². The number of rotatable bonds is 6. The molecule has 0 aliphatic heterocycles. The minimum atomic E-state index is -0.164. The Labute approximate surface area is 115 Å². The Bertz CT molecular complexity index is 365. The van der Waals surface area contributed by atoms with Crippen molar-refractivity contribution in [2.75, 3.05) is 6.54 Å². The molecule has 1 aromatic heterocycles. The highest BCUT2D eigenvalue weighted by atomic mass is 79.9. The lowest BCUT2D eigenvalue weighted by Crippen LogP contribution is -2.42. The van der Waals surface area contributed by atoms with Gasteiger partial charge in [0.15, 0.2) is 0 Å². The molecule has 5 heteroatoms. The van der Waals surface area contributed by atoms with Crippen LogP contribution >= 0.6 is 27.3 Å². The van der Waals surface area contributed by atoms with Crippen LogP contribution in [-0.2, 0) is 11.3 Å². The lowest BCUT2D eigenvalue weighted by atomic mass is 10.2. The Balaban J connectivity index is 2.31. The van der Waals surface area contributed by atoms with Crippen molar-refractivity contribution in [3.05, 3.63) is 20.8 Å². The smallest absolute Gasteiger partial charge is 0.236 e. The number of nitrogens with one attached hydrogen (secondary N) is 2. The van der Waals surface area contributed by atoms with Crippen LogP contribution in [0.1, 0.15) is 25.6 Å². The summed E-state index contributed by atoms with van der Waals surface area (Å²) in [4.78, 5) is 12.9. The largest absolute Gasteiger partial charge is 0.354 e. The van der Waals surface area contributed by atoms with E-state index in [0.717, 1.165) is 11.0 Å². The molecule has 17 heavy (non-hydrogen) atoms. The van der Waals surface area contributed by atoms with E-state index in [9.17, 15) is 4.79 Å². The fraction of sp³-hybridized carbons (Fsp3) is 0.583. The fourth-order valence-electron chi connectivity index (χ4n) is 1.25. The highest BCUT2D eigenvalue weighted by molar-refractivity contribution is 9.10. The summed E-state index contributed by atoms with van der Waals surface area (Å²) in [5.41, 5.74) is 0. The number of hydrogen-bond acceptors (Lipinski definition) is 3. The van der Waals surface area contributed by atoms with Crippen LogP contribution in [0.2, 0.25) is 0 Å². The SMILES string of the molecule is CC(C)CNC(=O)C(C)NCc1sccc1Br. The van der Waals surface area contributed by atoms with Crippen LogP contribution in [0.3, 0.4) is 0 Å². The molecule has 0 radical (unpaired) electrons. The molecule has 0 spiro atoms. The standard InChI is InChI=1S/C12H19BrN2OS/c1-8(2)6-15-12(16)9(3)14-7-11-10(13)4-5-17-11/h4-5,8-9,14H,6-7H2,1-3H3,(H,15,16). The first-order valence-corrected chi connectivity index (χ1v) is 7.41. The molecule has 0 aromatic carbocycles. The van der Waals surface area contributed by atoms with Gasteiger partial charge in [0.05, 0.1) is 6.04 Å². The van der Waals surface area contributed by atoms with Gasteiger partial charge in [-0.2, -0.15) is 0 Å². The van der Waals surface area contributed by atoms with Gasteiger partial charge in [0, 0.05) is 22.4 Å². The quantitative estimate of drug-likeness (QED) is 0.846. The third-order valence-electron chi connectivity index (χ3n) is 2.34. The van der Waals surface area contributed by atoms with Crippen LogP contribution in [0.5, 0.6) is 0 Å². The van der Waals surface area contributed by atoms with Crippen molar-refractivity contribution < 1.29 is 4.79 Å². The molecule has 1 amide bonds. The molecule has 0 fully saturated rings. The third kappa shape index (κ3) is 5.19. The summed E-state index contributed by atoms with van der Waals surface area (Å²) in [6, 6.07) is 1.85. The van der Waals surface area contributed by atoms with Gasteiger partial charge in [0.1, 0.15) is 0 Å². The van der Waals surface area contributed by atoms with Crippen LogP contribution in [-0.4, -0.2) is 18.5 Å². The number of halogens is 1. The summed E-state index contributed by atoms with van der Waals surface area (Å²) in [5.74, 6) is 0.545. The molecule has 0 aliphatic rings. The van der Waals surface area contributed by atoms with E-state index in [4.69, 9.17) is 0 Å². The number of carbonyl (C=O) groups is 1. The average molecular weight is 319 g/mol. The zero-order chi connectivity index (χ0) is 12.8. The zero-order valence-corrected chi connectivity index (χ0v) is 12.8. The second-order valence-electron chi connectivity index (χ2n) is 4.43. The summed E-state index contributed by atoms with van der Waals surface area (Å²) in [6.07, 6.45) is 0. The van der Waals surface area contributed by atoms with Crippen LogP contribution < -0.4 is 10.6 Å². The van der Waals surface area contributed by atoms with Crippen LogP contribution in [0.25, 0.3) is 0 Å². The fourth-order valence-corrected chi connectivity index (χ4v) is 2.69. The van der Waals surface area contributed by atoms with E-state index >= 15 is 0 Å². The molecule has 0 saturated heterocycles. The summed E-state index contributed by atoms with van der Waals surface area (Å²) in [5, 5.41) is 8.17. The molecular formula is C12H19BrN2OS. The maximum atomic E-state index is 11.7. The molecule has 2 N–H and O–H groups in total. The second-order valence-corrected chi connectivity index (χ2v) is 6.29. The lowest BCUT2D eigenvalue weighted by Gasteiger charge is -2.14. The van der Waals surface area contributed by atoms with E-state index in [2.05, 4.69) is 40.4 Å². The molecule has 0 bridgehead atoms. The molecule has 1 heterocycles. The van der Waals surface area contributed by atoms with Crippen molar-refractivity contribution in [3.8, 4) is 0 Å². The summed E-state index contributed by atoms with van der Waals surface area (Å²) in [7, 11) is 0. The van der Waals surface area contributed by atoms with Crippen LogP contribution in [0.4, 0.5) is 0 Å². The molecule has 0 saturated carbocycles. The summed E-state index contributed by atoms with van der Waals surface area (Å²) < 4.78 is 1.10. The van der Waals surface area contributed by atoms with Crippen molar-refractivity contribution in [2.24, 2.45) is 5.92 Å². The molecule has 1 rings (SSSR count). The second kappa shape index (κ2) is 7.13. The maximum absolute atomic E-state index is 11.7. The van der Waals surface area contributed by atoms with Gasteiger partial charge in [0.25, 0.3) is 0 Å². The number of hydrogen-bond donors (Lipinski definition) is 2. The molecule has 0 aliphatic carbocycles. The molecule has 96 valence electrons. The van der Waals surface area contributed by atoms with Gasteiger partial charge in [-0.25, -0.2) is 0 Å². The number of thiophene rings is 1. The van der Waals surface area contributed by atoms with Crippen molar-refractivity contribution in [3.63, 3.8) is 0 Å². The van der Waals surface area contributed by atoms with E-state index in [1.54, 1.807) is 11.3 Å². The first-order valence-electron chi connectivity index (χ1n) is 5.73. The molecular weight excluding hydrogens is 300 g/mol. The zero-order valence-electron chi connectivity index (χ0n) is 10.4. The first-order chi connectivity index (χ1) is 8.00. The van der Waals surface area contributed by atoms with Crippen molar-refractivity contribution in [2.45, 2.75) is 33.4 Å². The van der Waals surface area contributed by atoms with E-state index in [1.807, 2.05) is 18.4 Å². The van der Waals surface area contributed by atoms with Crippen molar-refractivity contribution >= 4 is 33.2 Å². The third-order valence-corrected chi connectivity index (χ3v) is 4.26. The maximum Gasteiger partial charge on any atom is 0.236 e. The summed E-state index contributed by atoms with van der Waals surface area (Å²) >= 11 is 5.15. The van der Waals surface area contributed by atoms with Gasteiger partial charge in [-0.3, -0.25) is 4.79 Å². The Morgan fingerprint density at radius 2 is 2.18 bits per heavy atom. The topological polar surface area (TPSA) is 41.1 Å². The van der Waals surface area contributed by atoms with Gasteiger partial charge >= 0.3 is 0 Å². The Morgan fingerprint density at radius 1 is 1.47 bits per heavy atom. The Hall–Kier alpha value is -0.390. The van der Waals surface area contributed by atoms with Crippen LogP contribution in [0.15, 0.2) is 15.9 Å². The summed E-state index contributed by atoms with van der Waals surface area (Å²) in [6.45, 7) is 7.50. The molecule has 3 nitrogen and oxygen atoms in total. The molecule has 1 aromatic rings. The number of carbonyl (C=O) groups excluding carboxylic acids is 1. The Morgan fingerprint density at radius 3 is 2.71 bits per heavy atom. The molecule has 1 atom stereocenters. The highest BCUT2D eigenvalue weighted by Gasteiger charge is 2.12. The van der Waals surface area contributed by atoms with E-state index in [0.29, 0.717) is 12.5 Å². The molecule has 1 unspecified atom stereocenters. The minimum absolute atomic E-state index is 0.0615. The van der Waals surface area contributed by atoms with Crippen molar-refractivity contribution in [1.82, 2.24) is 10.6 Å². The predicted molar refractivity (Wildman–Crippen MR) is 76.2 cm³/mol. The monoisotopic (exact) mass is 318 g/mol. The minimum Gasteiger partial charge on any atom is -0.354 e. The van der Waals surface area contributed by atoms with Crippen molar-refractivity contribution in [1.29, 1.82) is 0 Å². The van der Waals surface area contributed by atoms with Crippen LogP contribution in [0, 0.1) is 5.92 Å². The first kappa shape index (κ1) is 14.7. The Kier molecular flexibility index (Phi) is 6.16. The normalized spacial score (nSPS) is 12.8. The van der Waals surface area contributed by atoms with E-state index in [-0.39, 0.29) is 11.9 Å². The highest BCUT2D eigenvalue weighted by Crippen LogP contribution is 2.22. The van der Waals surface area contributed by atoms with Gasteiger partial charge in [0.2, 0.25) is 5.91 Å². The van der Waals surface area contributed by atoms with Gasteiger partial charge < -0.3 is 10.6 Å².